The predicted molar refractivity (Wildman–Crippen MR) is 80.8 cm³/mol. The van der Waals surface area contributed by atoms with Gasteiger partial charge in [-0.05, 0) is 56.0 Å². The van der Waals surface area contributed by atoms with E-state index in [0.717, 1.165) is 31.7 Å². The molecule has 1 aromatic carbocycles. The van der Waals surface area contributed by atoms with Crippen LogP contribution >= 0.6 is 31.9 Å². The number of halogens is 2. The van der Waals surface area contributed by atoms with E-state index in [4.69, 9.17) is 4.74 Å². The minimum Gasteiger partial charge on any atom is -0.506 e. The SMILES string of the molecule is C=CCCOCCNCc1cc(Br)c(O)c(Br)c1. The Hall–Kier alpha value is -0.360. The number of rotatable bonds is 8. The molecular formula is C13H17Br2NO2. The molecule has 1 rings (SSSR count). The lowest BCUT2D eigenvalue weighted by Gasteiger charge is -2.08. The second-order valence-corrected chi connectivity index (χ2v) is 5.48. The topological polar surface area (TPSA) is 41.5 Å². The van der Waals surface area contributed by atoms with Crippen molar-refractivity contribution in [2.45, 2.75) is 13.0 Å². The summed E-state index contributed by atoms with van der Waals surface area (Å²) in [6, 6.07) is 3.79. The molecule has 0 spiro atoms. The largest absolute Gasteiger partial charge is 0.506 e. The highest BCUT2D eigenvalue weighted by Gasteiger charge is 2.05. The van der Waals surface area contributed by atoms with E-state index in [0.29, 0.717) is 15.6 Å². The number of aromatic hydroxyl groups is 1. The Bertz CT molecular complexity index is 374. The van der Waals surface area contributed by atoms with Crippen molar-refractivity contribution in [2.24, 2.45) is 0 Å². The van der Waals surface area contributed by atoms with Gasteiger partial charge in [0.05, 0.1) is 22.2 Å². The van der Waals surface area contributed by atoms with Crippen LogP contribution in [0.25, 0.3) is 0 Å². The van der Waals surface area contributed by atoms with Gasteiger partial charge in [0.25, 0.3) is 0 Å². The first-order valence-electron chi connectivity index (χ1n) is 5.71. The molecule has 0 unspecified atom stereocenters. The molecule has 0 aromatic heterocycles. The number of phenols is 1. The van der Waals surface area contributed by atoms with E-state index in [1.807, 2.05) is 18.2 Å². The van der Waals surface area contributed by atoms with Crippen LogP contribution in [0.4, 0.5) is 0 Å². The van der Waals surface area contributed by atoms with Gasteiger partial charge >= 0.3 is 0 Å². The summed E-state index contributed by atoms with van der Waals surface area (Å²) in [4.78, 5) is 0. The highest BCUT2D eigenvalue weighted by atomic mass is 79.9. The fourth-order valence-corrected chi connectivity index (χ4v) is 2.65. The monoisotopic (exact) mass is 377 g/mol. The summed E-state index contributed by atoms with van der Waals surface area (Å²) in [5.41, 5.74) is 1.10. The number of hydrogen-bond donors (Lipinski definition) is 2. The molecule has 1 aromatic rings. The van der Waals surface area contributed by atoms with E-state index in [9.17, 15) is 5.11 Å². The molecule has 0 amide bonds. The normalized spacial score (nSPS) is 10.6. The van der Waals surface area contributed by atoms with Gasteiger partial charge < -0.3 is 15.2 Å². The molecule has 0 aliphatic carbocycles. The third-order valence-electron chi connectivity index (χ3n) is 2.30. The Morgan fingerprint density at radius 2 is 1.94 bits per heavy atom. The zero-order valence-corrected chi connectivity index (χ0v) is 13.3. The molecule has 0 aliphatic rings. The molecule has 0 radical (unpaired) electrons. The van der Waals surface area contributed by atoms with E-state index in [1.54, 1.807) is 0 Å². The standard InChI is InChI=1S/C13H17Br2NO2/c1-2-3-5-18-6-4-16-9-10-7-11(14)13(17)12(15)8-10/h2,7-8,16-17H,1,3-6,9H2. The molecule has 18 heavy (non-hydrogen) atoms. The lowest BCUT2D eigenvalue weighted by Crippen LogP contribution is -2.19. The lowest BCUT2D eigenvalue weighted by molar-refractivity contribution is 0.140. The molecular weight excluding hydrogens is 362 g/mol. The summed E-state index contributed by atoms with van der Waals surface area (Å²) >= 11 is 6.61. The highest BCUT2D eigenvalue weighted by molar-refractivity contribution is 9.11. The first-order valence-corrected chi connectivity index (χ1v) is 7.30. The number of benzene rings is 1. The van der Waals surface area contributed by atoms with Crippen LogP contribution in [0.1, 0.15) is 12.0 Å². The van der Waals surface area contributed by atoms with Crippen LogP contribution in [0.2, 0.25) is 0 Å². The summed E-state index contributed by atoms with van der Waals surface area (Å²) in [5.74, 6) is 0.228. The maximum atomic E-state index is 9.58. The second kappa shape index (κ2) is 8.69. The van der Waals surface area contributed by atoms with Gasteiger partial charge in [-0.25, -0.2) is 0 Å². The molecule has 3 nitrogen and oxygen atoms in total. The number of hydrogen-bond acceptors (Lipinski definition) is 3. The predicted octanol–water partition coefficient (Wildman–Crippen LogP) is 3.60. The highest BCUT2D eigenvalue weighted by Crippen LogP contribution is 2.33. The van der Waals surface area contributed by atoms with Crippen LogP contribution in [0.5, 0.6) is 5.75 Å². The van der Waals surface area contributed by atoms with Gasteiger partial charge in [0.2, 0.25) is 0 Å². The molecule has 100 valence electrons. The van der Waals surface area contributed by atoms with Gasteiger partial charge in [-0.1, -0.05) is 6.08 Å². The quantitative estimate of drug-likeness (QED) is 0.536. The maximum absolute atomic E-state index is 9.58. The first kappa shape index (κ1) is 15.7. The molecule has 0 heterocycles. The van der Waals surface area contributed by atoms with Gasteiger partial charge in [0.1, 0.15) is 5.75 Å². The molecule has 0 saturated heterocycles. The number of ether oxygens (including phenoxy) is 1. The van der Waals surface area contributed by atoms with E-state index in [2.05, 4.69) is 43.8 Å². The average Bonchev–Trinajstić information content (AvgIpc) is 2.34. The fraction of sp³-hybridized carbons (Fsp3) is 0.385. The summed E-state index contributed by atoms with van der Waals surface area (Å²) in [6.07, 6.45) is 2.73. The van der Waals surface area contributed by atoms with Crippen molar-refractivity contribution in [3.63, 3.8) is 0 Å². The smallest absolute Gasteiger partial charge is 0.143 e. The van der Waals surface area contributed by atoms with Crippen LogP contribution in [0, 0.1) is 0 Å². The number of phenolic OH excluding ortho intramolecular Hbond substituents is 1. The maximum Gasteiger partial charge on any atom is 0.143 e. The third-order valence-corrected chi connectivity index (χ3v) is 3.50. The van der Waals surface area contributed by atoms with Crippen molar-refractivity contribution in [1.29, 1.82) is 0 Å². The van der Waals surface area contributed by atoms with Gasteiger partial charge in [0, 0.05) is 13.1 Å². The van der Waals surface area contributed by atoms with Crippen molar-refractivity contribution in [3.8, 4) is 5.75 Å². The third kappa shape index (κ3) is 5.52. The van der Waals surface area contributed by atoms with Crippen molar-refractivity contribution >= 4 is 31.9 Å². The molecule has 5 heteroatoms. The van der Waals surface area contributed by atoms with E-state index < -0.39 is 0 Å². The molecule has 0 bridgehead atoms. The second-order valence-electron chi connectivity index (χ2n) is 3.77. The van der Waals surface area contributed by atoms with Crippen LogP contribution in [0.3, 0.4) is 0 Å². The van der Waals surface area contributed by atoms with Crippen molar-refractivity contribution < 1.29 is 9.84 Å². The Balaban J connectivity index is 2.25. The van der Waals surface area contributed by atoms with Crippen LogP contribution < -0.4 is 5.32 Å². The Kier molecular flexibility index (Phi) is 7.58. The Morgan fingerprint density at radius 3 is 2.56 bits per heavy atom. The molecule has 0 fully saturated rings. The van der Waals surface area contributed by atoms with Gasteiger partial charge in [-0.2, -0.15) is 0 Å². The van der Waals surface area contributed by atoms with E-state index in [-0.39, 0.29) is 5.75 Å². The van der Waals surface area contributed by atoms with Gasteiger partial charge in [-0.3, -0.25) is 0 Å². The summed E-state index contributed by atoms with van der Waals surface area (Å²) in [6.45, 7) is 6.58. The molecule has 2 N–H and O–H groups in total. The summed E-state index contributed by atoms with van der Waals surface area (Å²) in [5, 5.41) is 12.9. The number of nitrogens with one attached hydrogen (secondary N) is 1. The fourth-order valence-electron chi connectivity index (χ4n) is 1.37. The zero-order valence-electron chi connectivity index (χ0n) is 10.1. The summed E-state index contributed by atoms with van der Waals surface area (Å²) < 4.78 is 6.77. The van der Waals surface area contributed by atoms with E-state index in [1.165, 1.54) is 0 Å². The van der Waals surface area contributed by atoms with Crippen LogP contribution in [-0.4, -0.2) is 24.9 Å². The first-order chi connectivity index (χ1) is 8.65. The Morgan fingerprint density at radius 1 is 1.28 bits per heavy atom. The van der Waals surface area contributed by atoms with Crippen molar-refractivity contribution in [3.05, 3.63) is 39.3 Å². The molecule has 0 atom stereocenters. The summed E-state index contributed by atoms with van der Waals surface area (Å²) in [7, 11) is 0. The lowest BCUT2D eigenvalue weighted by atomic mass is 10.2. The molecule has 0 aliphatic heterocycles. The van der Waals surface area contributed by atoms with Crippen LogP contribution in [-0.2, 0) is 11.3 Å². The minimum atomic E-state index is 0.228. The zero-order chi connectivity index (χ0) is 13.4. The van der Waals surface area contributed by atoms with Crippen molar-refractivity contribution in [1.82, 2.24) is 5.32 Å². The van der Waals surface area contributed by atoms with Gasteiger partial charge in [-0.15, -0.1) is 6.58 Å². The van der Waals surface area contributed by atoms with Crippen LogP contribution in [0.15, 0.2) is 33.7 Å². The minimum absolute atomic E-state index is 0.228. The van der Waals surface area contributed by atoms with Gasteiger partial charge in [0.15, 0.2) is 0 Å². The van der Waals surface area contributed by atoms with Crippen molar-refractivity contribution in [2.75, 3.05) is 19.8 Å². The average molecular weight is 379 g/mol. The Labute approximate surface area is 124 Å². The molecule has 0 saturated carbocycles. The van der Waals surface area contributed by atoms with E-state index >= 15 is 0 Å².